The fourth-order valence-corrected chi connectivity index (χ4v) is 2.10. The van der Waals surface area contributed by atoms with E-state index >= 15 is 0 Å². The topological polar surface area (TPSA) is 0 Å². The molecule has 155 valence electrons. The molecule has 0 aliphatic heterocycles. The summed E-state index contributed by atoms with van der Waals surface area (Å²) in [6, 6.07) is 30.5. The van der Waals surface area contributed by atoms with Crippen molar-refractivity contribution in [3.05, 3.63) is 108 Å². The van der Waals surface area contributed by atoms with Crippen LogP contribution in [-0.2, 0) is 17.9 Å². The van der Waals surface area contributed by atoms with Crippen LogP contribution in [0.5, 0.6) is 0 Å². The van der Waals surface area contributed by atoms with E-state index in [1.165, 1.54) is 0 Å². The van der Waals surface area contributed by atoms with Crippen molar-refractivity contribution in [2.45, 2.75) is 0 Å². The van der Waals surface area contributed by atoms with Gasteiger partial charge in [-0.05, 0) is 15.8 Å². The van der Waals surface area contributed by atoms with E-state index in [1.807, 2.05) is 66.7 Å². The Morgan fingerprint density at radius 2 is 1.00 bits per heavy atom. The van der Waals surface area contributed by atoms with Crippen molar-refractivity contribution in [3.8, 4) is 0 Å². The molecular weight excluding hydrogens is 475 g/mol. The molecule has 0 aliphatic rings. The summed E-state index contributed by atoms with van der Waals surface area (Å²) in [7, 11) is 0.241. The Kier molecular flexibility index (Phi) is 17.9. The van der Waals surface area contributed by atoms with E-state index in [0.717, 1.165) is 16.7 Å². The van der Waals surface area contributed by atoms with Crippen molar-refractivity contribution in [3.63, 3.8) is 0 Å². The zero-order valence-electron chi connectivity index (χ0n) is 18.5. The molecule has 0 heterocycles. The number of rotatable bonds is 2. The molecule has 3 rings (SSSR count). The molecule has 0 spiro atoms. The van der Waals surface area contributed by atoms with Gasteiger partial charge in [-0.3, -0.25) is 0 Å². The van der Waals surface area contributed by atoms with Crippen molar-refractivity contribution in [1.82, 2.24) is 0 Å². The standard InChI is InChI=1S/C15H10.C5H5.2C3H9P.Ru/c1-2-15(13-9-5-3-6-10-13)14-11-7-4-8-12-14;1-2-4-5-3-1;2*1-4(2)3;/h3-12H;1-5H;2*1-3H3;/q;-1;;;+1/p+2. The van der Waals surface area contributed by atoms with Crippen LogP contribution < -0.4 is 0 Å². The zero-order valence-corrected chi connectivity index (χ0v) is 22.3. The van der Waals surface area contributed by atoms with Crippen molar-refractivity contribution >= 4 is 25.7 Å². The van der Waals surface area contributed by atoms with E-state index in [1.54, 1.807) is 0 Å². The second kappa shape index (κ2) is 18.7. The SMILES string of the molecule is C[PH+](C)C.C[PH+](C)C.[Ru+]=[C]=C=C(c1ccccc1)c1ccccc1.c1cc[cH-]c1. The van der Waals surface area contributed by atoms with Crippen LogP contribution in [0, 0.1) is 0 Å². The summed E-state index contributed by atoms with van der Waals surface area (Å²) in [6.07, 6.45) is 0. The average Bonchev–Trinajstić information content (AvgIpc) is 3.27. The molecule has 0 radical (unpaired) electrons. The van der Waals surface area contributed by atoms with Crippen LogP contribution >= 0.6 is 15.8 Å². The molecule has 0 fully saturated rings. The first-order valence-corrected chi connectivity index (χ1v) is 16.5. The molecular formula is C26H35P2Ru+2. The largest absolute Gasteiger partial charge is 0.214 e. The van der Waals surface area contributed by atoms with E-state index < -0.39 is 0 Å². The maximum Gasteiger partial charge on any atom is -0.172 e. The fourth-order valence-electron chi connectivity index (χ4n) is 1.89. The molecule has 0 nitrogen and oxygen atoms in total. The van der Waals surface area contributed by atoms with E-state index in [0.29, 0.717) is 0 Å². The maximum absolute atomic E-state index is 3.15. The molecule has 29 heavy (non-hydrogen) atoms. The van der Waals surface area contributed by atoms with E-state index in [-0.39, 0.29) is 15.8 Å². The summed E-state index contributed by atoms with van der Waals surface area (Å²) in [4.78, 5) is 0. The second-order valence-corrected chi connectivity index (χ2v) is 13.7. The van der Waals surface area contributed by atoms with Gasteiger partial charge in [0.25, 0.3) is 0 Å². The first-order chi connectivity index (χ1) is 13.9. The van der Waals surface area contributed by atoms with Gasteiger partial charge in [-0.1, -0.05) is 0 Å². The number of benzene rings is 2. The Bertz CT molecular complexity index is 739. The molecule has 0 aliphatic carbocycles. The minimum absolute atomic E-state index is 0.120. The van der Waals surface area contributed by atoms with Crippen molar-refractivity contribution < 1.29 is 17.9 Å². The molecule has 3 heteroatoms. The van der Waals surface area contributed by atoms with Crippen LogP contribution in [0.3, 0.4) is 0 Å². The molecule has 3 aromatic carbocycles. The third-order valence-electron chi connectivity index (χ3n) is 2.85. The Morgan fingerprint density at radius 3 is 1.24 bits per heavy atom. The van der Waals surface area contributed by atoms with Crippen molar-refractivity contribution in [2.24, 2.45) is 0 Å². The predicted molar refractivity (Wildman–Crippen MR) is 138 cm³/mol. The van der Waals surface area contributed by atoms with E-state index in [9.17, 15) is 0 Å². The average molecular weight is 511 g/mol. The molecule has 0 N–H and O–H groups in total. The summed E-state index contributed by atoms with van der Waals surface area (Å²) < 4.78 is 2.91. The number of hydrogen-bond acceptors (Lipinski definition) is 0. The quantitative estimate of drug-likeness (QED) is 0.154. The molecule has 0 saturated carbocycles. The maximum atomic E-state index is 3.15. The summed E-state index contributed by atoms with van der Waals surface area (Å²) >= 11 is 2.35. The first kappa shape index (κ1) is 27.7. The minimum atomic E-state index is 0.120. The number of hydrogen-bond donors (Lipinski definition) is 0. The normalized spacial score (nSPS) is 8.83. The second-order valence-electron chi connectivity index (χ2n) is 7.28. The van der Waals surface area contributed by atoms with Gasteiger partial charge in [0.2, 0.25) is 0 Å². The van der Waals surface area contributed by atoms with Crippen molar-refractivity contribution in [2.75, 3.05) is 40.0 Å². The Labute approximate surface area is 190 Å². The summed E-state index contributed by atoms with van der Waals surface area (Å²) in [5.74, 6) is 0. The van der Waals surface area contributed by atoms with E-state index in [4.69, 9.17) is 0 Å². The fraction of sp³-hybridized carbons (Fsp3) is 0.231. The Morgan fingerprint density at radius 1 is 0.655 bits per heavy atom. The van der Waals surface area contributed by atoms with Crippen LogP contribution in [0.15, 0.2) is 96.7 Å². The molecule has 0 amide bonds. The van der Waals surface area contributed by atoms with Crippen LogP contribution in [0.25, 0.3) is 5.57 Å². The van der Waals surface area contributed by atoms with E-state index in [2.05, 4.69) is 92.1 Å². The van der Waals surface area contributed by atoms with Crippen LogP contribution in [0.1, 0.15) is 11.1 Å². The summed E-state index contributed by atoms with van der Waals surface area (Å²) in [5.41, 5.74) is 6.54. The minimum Gasteiger partial charge on any atom is -0.214 e. The van der Waals surface area contributed by atoms with Gasteiger partial charge in [-0.25, -0.2) is 12.1 Å². The predicted octanol–water partition coefficient (Wildman–Crippen LogP) is 6.81. The smallest absolute Gasteiger partial charge is 0.172 e. The van der Waals surface area contributed by atoms with Crippen molar-refractivity contribution in [1.29, 1.82) is 0 Å². The molecule has 0 bridgehead atoms. The summed E-state index contributed by atoms with van der Waals surface area (Å²) in [6.45, 7) is 13.6. The van der Waals surface area contributed by atoms with Crippen LogP contribution in [-0.4, -0.2) is 44.3 Å². The van der Waals surface area contributed by atoms with Gasteiger partial charge < -0.3 is 0 Å². The van der Waals surface area contributed by atoms with Gasteiger partial charge in [0, 0.05) is 40.0 Å². The van der Waals surface area contributed by atoms with Gasteiger partial charge in [0.1, 0.15) is 0 Å². The van der Waals surface area contributed by atoms with Gasteiger partial charge in [-0.15, -0.1) is 0 Å². The Hall–Kier alpha value is -1.30. The summed E-state index contributed by atoms with van der Waals surface area (Å²) in [5, 5.41) is 0. The van der Waals surface area contributed by atoms with Crippen LogP contribution in [0.4, 0.5) is 0 Å². The molecule has 0 unspecified atom stereocenters. The molecule has 0 atom stereocenters. The third kappa shape index (κ3) is 17.3. The third-order valence-corrected chi connectivity index (χ3v) is 3.07. The van der Waals surface area contributed by atoms with Crippen LogP contribution in [0.2, 0.25) is 0 Å². The first-order valence-electron chi connectivity index (χ1n) is 9.66. The zero-order chi connectivity index (χ0) is 21.9. The monoisotopic (exact) mass is 511 g/mol. The molecule has 0 saturated heterocycles. The molecule has 3 aromatic rings. The van der Waals surface area contributed by atoms with Gasteiger partial charge in [0.05, 0.1) is 0 Å². The van der Waals surface area contributed by atoms with Gasteiger partial charge in [-0.2, -0.15) is 18.2 Å². The van der Waals surface area contributed by atoms with Gasteiger partial charge in [0.15, 0.2) is 0 Å². The van der Waals surface area contributed by atoms with Gasteiger partial charge >= 0.3 is 105 Å². The molecule has 0 aromatic heterocycles. The Balaban J connectivity index is 0.000000492.